The van der Waals surface area contributed by atoms with Crippen LogP contribution in [0.5, 0.6) is 0 Å². The number of hydrogen-bond donors (Lipinski definition) is 0. The van der Waals surface area contributed by atoms with Crippen LogP contribution >= 0.6 is 0 Å². The highest BCUT2D eigenvalue weighted by Crippen LogP contribution is 2.48. The summed E-state index contributed by atoms with van der Waals surface area (Å²) in [5.74, 6) is 0. The van der Waals surface area contributed by atoms with E-state index in [9.17, 15) is 0 Å². The van der Waals surface area contributed by atoms with Gasteiger partial charge >= 0.3 is 0 Å². The molecule has 0 unspecified atom stereocenters. The van der Waals surface area contributed by atoms with Crippen LogP contribution in [0.2, 0.25) is 0 Å². The van der Waals surface area contributed by atoms with Crippen LogP contribution in [0.1, 0.15) is 0 Å². The van der Waals surface area contributed by atoms with Crippen LogP contribution in [0.25, 0.3) is 87.6 Å². The van der Waals surface area contributed by atoms with Crippen molar-refractivity contribution >= 4 is 43.1 Å². The second-order valence-corrected chi connectivity index (χ2v) is 12.0. The van der Waals surface area contributed by atoms with E-state index in [0.717, 1.165) is 0 Å². The molecule has 0 heterocycles. The maximum absolute atomic E-state index is 2.37. The molecule has 0 amide bonds. The predicted octanol–water partition coefficient (Wildman–Crippen LogP) is 13.0. The molecule has 9 aromatic carbocycles. The molecule has 0 saturated heterocycles. The van der Waals surface area contributed by atoms with Gasteiger partial charge < -0.3 is 0 Å². The number of fused-ring (bicyclic) bond motifs is 5. The molecular formula is C46H30. The first-order valence-corrected chi connectivity index (χ1v) is 15.9. The fourth-order valence-corrected chi connectivity index (χ4v) is 7.40. The van der Waals surface area contributed by atoms with Gasteiger partial charge in [-0.2, -0.15) is 0 Å². The summed E-state index contributed by atoms with van der Waals surface area (Å²) < 4.78 is 0. The van der Waals surface area contributed by atoms with Crippen molar-refractivity contribution in [2.45, 2.75) is 0 Å². The van der Waals surface area contributed by atoms with Gasteiger partial charge in [0.2, 0.25) is 0 Å². The molecule has 0 atom stereocenters. The van der Waals surface area contributed by atoms with Gasteiger partial charge in [0.05, 0.1) is 0 Å². The molecule has 0 fully saturated rings. The second-order valence-electron chi connectivity index (χ2n) is 12.0. The highest BCUT2D eigenvalue weighted by atomic mass is 14.2. The Kier molecular flexibility index (Phi) is 6.25. The molecule has 0 aliphatic heterocycles. The minimum atomic E-state index is 1.22. The summed E-state index contributed by atoms with van der Waals surface area (Å²) in [6.07, 6.45) is 0. The Morgan fingerprint density at radius 1 is 0.217 bits per heavy atom. The minimum absolute atomic E-state index is 1.22. The molecular weight excluding hydrogens is 553 g/mol. The quantitative estimate of drug-likeness (QED) is 0.143. The Hall–Kier alpha value is -5.98. The van der Waals surface area contributed by atoms with Gasteiger partial charge in [0.25, 0.3) is 0 Å². The van der Waals surface area contributed by atoms with E-state index < -0.39 is 0 Å². The van der Waals surface area contributed by atoms with Crippen molar-refractivity contribution in [2.24, 2.45) is 0 Å². The van der Waals surface area contributed by atoms with Gasteiger partial charge in [0.15, 0.2) is 0 Å². The van der Waals surface area contributed by atoms with E-state index in [1.165, 1.54) is 87.6 Å². The van der Waals surface area contributed by atoms with Crippen molar-refractivity contribution in [3.8, 4) is 44.5 Å². The fourth-order valence-electron chi connectivity index (χ4n) is 7.40. The normalized spacial score (nSPS) is 11.5. The molecule has 0 N–H and O–H groups in total. The second kappa shape index (κ2) is 10.9. The van der Waals surface area contributed by atoms with Gasteiger partial charge in [0, 0.05) is 0 Å². The number of benzene rings is 9. The van der Waals surface area contributed by atoms with Crippen LogP contribution in [-0.4, -0.2) is 0 Å². The molecule has 214 valence electrons. The molecule has 0 heteroatoms. The summed E-state index contributed by atoms with van der Waals surface area (Å²) in [6.45, 7) is 0. The lowest BCUT2D eigenvalue weighted by Crippen LogP contribution is -1.94. The van der Waals surface area contributed by atoms with Crippen LogP contribution in [-0.2, 0) is 0 Å². The van der Waals surface area contributed by atoms with Crippen molar-refractivity contribution < 1.29 is 0 Å². The van der Waals surface area contributed by atoms with Gasteiger partial charge in [-0.3, -0.25) is 0 Å². The average Bonchev–Trinajstić information content (AvgIpc) is 3.14. The van der Waals surface area contributed by atoms with Gasteiger partial charge in [-0.1, -0.05) is 176 Å². The fraction of sp³-hybridized carbons (Fsp3) is 0. The maximum atomic E-state index is 2.37. The van der Waals surface area contributed by atoms with E-state index in [0.29, 0.717) is 0 Å². The average molecular weight is 583 g/mol. The summed E-state index contributed by atoms with van der Waals surface area (Å²) in [5.41, 5.74) is 9.97. The topological polar surface area (TPSA) is 0 Å². The third kappa shape index (κ3) is 4.23. The van der Waals surface area contributed by atoms with E-state index in [-0.39, 0.29) is 0 Å². The summed E-state index contributed by atoms with van der Waals surface area (Å²) >= 11 is 0. The molecule has 46 heavy (non-hydrogen) atoms. The van der Waals surface area contributed by atoms with E-state index in [2.05, 4.69) is 182 Å². The summed E-state index contributed by atoms with van der Waals surface area (Å²) in [6, 6.07) is 66.5. The van der Waals surface area contributed by atoms with E-state index in [4.69, 9.17) is 0 Å². The summed E-state index contributed by atoms with van der Waals surface area (Å²) in [4.78, 5) is 0. The highest BCUT2D eigenvalue weighted by Gasteiger charge is 2.20. The largest absolute Gasteiger partial charge is 0.0622 e. The number of rotatable bonds is 4. The highest BCUT2D eigenvalue weighted by molar-refractivity contribution is 6.25. The molecule has 0 saturated carbocycles. The lowest BCUT2D eigenvalue weighted by atomic mass is 9.82. The molecule has 0 nitrogen and oxygen atoms in total. The van der Waals surface area contributed by atoms with Crippen molar-refractivity contribution in [3.05, 3.63) is 182 Å². The van der Waals surface area contributed by atoms with E-state index >= 15 is 0 Å². The van der Waals surface area contributed by atoms with Crippen LogP contribution in [0.4, 0.5) is 0 Å². The number of hydrogen-bond acceptors (Lipinski definition) is 0. The van der Waals surface area contributed by atoms with Gasteiger partial charge in [-0.05, 0) is 93.7 Å². The zero-order chi connectivity index (χ0) is 30.5. The SMILES string of the molecule is c1ccc(-c2ccc(-c3c4ccccc4c(-c4cccc5c4ccc4ccccc45)c4ccccc34)c(-c3ccccc3)c2)cc1. The molecule has 0 radical (unpaired) electrons. The zero-order valence-corrected chi connectivity index (χ0v) is 25.3. The monoisotopic (exact) mass is 582 g/mol. The van der Waals surface area contributed by atoms with Gasteiger partial charge in [0.1, 0.15) is 0 Å². The Balaban J connectivity index is 1.39. The molecule has 0 spiro atoms. The van der Waals surface area contributed by atoms with Crippen molar-refractivity contribution in [1.29, 1.82) is 0 Å². The van der Waals surface area contributed by atoms with E-state index in [1.54, 1.807) is 0 Å². The zero-order valence-electron chi connectivity index (χ0n) is 25.3. The molecule has 9 rings (SSSR count). The lowest BCUT2D eigenvalue weighted by molar-refractivity contribution is 1.58. The molecule has 9 aromatic rings. The summed E-state index contributed by atoms with van der Waals surface area (Å²) in [7, 11) is 0. The Labute approximate surface area is 268 Å². The van der Waals surface area contributed by atoms with Crippen LogP contribution in [0, 0.1) is 0 Å². The first-order valence-electron chi connectivity index (χ1n) is 15.9. The van der Waals surface area contributed by atoms with Crippen LogP contribution in [0.15, 0.2) is 182 Å². The Bertz CT molecular complexity index is 2500. The third-order valence-electron chi connectivity index (χ3n) is 9.47. The van der Waals surface area contributed by atoms with Crippen molar-refractivity contribution in [3.63, 3.8) is 0 Å². The molecule has 0 aliphatic rings. The molecule has 0 aromatic heterocycles. The van der Waals surface area contributed by atoms with Gasteiger partial charge in [-0.25, -0.2) is 0 Å². The smallest absolute Gasteiger partial charge is 0.00201 e. The molecule has 0 aliphatic carbocycles. The first kappa shape index (κ1) is 26.4. The Morgan fingerprint density at radius 2 is 0.739 bits per heavy atom. The van der Waals surface area contributed by atoms with Crippen molar-refractivity contribution in [2.75, 3.05) is 0 Å². The van der Waals surface area contributed by atoms with E-state index in [1.807, 2.05) is 0 Å². The van der Waals surface area contributed by atoms with Crippen LogP contribution < -0.4 is 0 Å². The van der Waals surface area contributed by atoms with Crippen molar-refractivity contribution in [1.82, 2.24) is 0 Å². The Morgan fingerprint density at radius 3 is 1.39 bits per heavy atom. The first-order chi connectivity index (χ1) is 22.8. The third-order valence-corrected chi connectivity index (χ3v) is 9.47. The standard InChI is InChI=1S/C46H30/c1-3-14-31(15-4-1)34-27-29-43(44(30-34)32-16-5-2-6-17-32)46-41-22-11-9-20-39(41)45(40-21-10-12-23-42(40)46)38-25-13-24-36-35-19-8-7-18-33(35)26-28-37(36)38/h1-30H. The predicted molar refractivity (Wildman–Crippen MR) is 198 cm³/mol. The molecule has 0 bridgehead atoms. The minimum Gasteiger partial charge on any atom is -0.0622 e. The van der Waals surface area contributed by atoms with Crippen LogP contribution in [0.3, 0.4) is 0 Å². The summed E-state index contributed by atoms with van der Waals surface area (Å²) in [5, 5.41) is 10.2. The maximum Gasteiger partial charge on any atom is -0.00201 e. The lowest BCUT2D eigenvalue weighted by Gasteiger charge is -2.21. The van der Waals surface area contributed by atoms with Gasteiger partial charge in [-0.15, -0.1) is 0 Å².